The molecule has 5 nitrogen and oxygen atoms in total. The van der Waals surface area contributed by atoms with Crippen LogP contribution in [0.3, 0.4) is 0 Å². The number of halogens is 2. The maximum Gasteiger partial charge on any atom is 0.243 e. The summed E-state index contributed by atoms with van der Waals surface area (Å²) in [6.07, 6.45) is -0.914. The summed E-state index contributed by atoms with van der Waals surface area (Å²) < 4.78 is 30.8. The van der Waals surface area contributed by atoms with Gasteiger partial charge in [0.05, 0.1) is 17.0 Å². The molecule has 1 atom stereocenters. The van der Waals surface area contributed by atoms with E-state index in [-0.39, 0.29) is 26.7 Å². The molecule has 0 aromatic carbocycles. The zero-order chi connectivity index (χ0) is 13.1. The van der Waals surface area contributed by atoms with Crippen LogP contribution in [0.1, 0.15) is 0 Å². The van der Waals surface area contributed by atoms with Crippen molar-refractivity contribution in [3.05, 3.63) is 14.7 Å². The largest absolute Gasteiger partial charge is 0.389 e. The predicted molar refractivity (Wildman–Crippen MR) is 67.4 cm³/mol. The van der Waals surface area contributed by atoms with Gasteiger partial charge in [-0.05, 0) is 6.07 Å². The lowest BCUT2D eigenvalue weighted by molar-refractivity contribution is 0.0679. The monoisotopic (exact) mass is 319 g/mol. The van der Waals surface area contributed by atoms with Gasteiger partial charge in [-0.2, -0.15) is 0 Å². The average molecular weight is 320 g/mol. The third-order valence-corrected chi connectivity index (χ3v) is 4.96. The first-order valence-electron chi connectivity index (χ1n) is 4.48. The van der Waals surface area contributed by atoms with Gasteiger partial charge in [0.15, 0.2) is 0 Å². The highest BCUT2D eigenvalue weighted by Crippen LogP contribution is 2.33. The van der Waals surface area contributed by atoms with Gasteiger partial charge in [0, 0.05) is 13.7 Å². The second kappa shape index (κ2) is 6.33. The van der Waals surface area contributed by atoms with Crippen LogP contribution < -0.4 is 4.72 Å². The lowest BCUT2D eigenvalue weighted by Gasteiger charge is -2.10. The summed E-state index contributed by atoms with van der Waals surface area (Å²) in [7, 11) is -2.35. The SMILES string of the molecule is COCC(O)CNS(=O)(=O)c1cc(Cl)sc1Cl. The number of rotatable bonds is 6. The van der Waals surface area contributed by atoms with Crippen molar-refractivity contribution in [2.75, 3.05) is 20.3 Å². The average Bonchev–Trinajstić information content (AvgIpc) is 2.56. The molecule has 0 amide bonds. The zero-order valence-corrected chi connectivity index (χ0v) is 12.0. The molecule has 1 rings (SSSR count). The summed E-state index contributed by atoms with van der Waals surface area (Å²) in [6.45, 7) is -0.111. The van der Waals surface area contributed by atoms with Crippen molar-refractivity contribution in [2.45, 2.75) is 11.0 Å². The molecule has 1 aromatic rings. The van der Waals surface area contributed by atoms with E-state index in [1.807, 2.05) is 0 Å². The molecule has 0 aliphatic rings. The molecule has 0 saturated heterocycles. The van der Waals surface area contributed by atoms with Crippen molar-refractivity contribution < 1.29 is 18.3 Å². The fourth-order valence-corrected chi connectivity index (χ4v) is 4.26. The van der Waals surface area contributed by atoms with E-state index in [0.29, 0.717) is 0 Å². The molecular weight excluding hydrogens is 309 g/mol. The van der Waals surface area contributed by atoms with Crippen LogP contribution in [0.5, 0.6) is 0 Å². The van der Waals surface area contributed by atoms with Crippen LogP contribution in [-0.4, -0.2) is 39.9 Å². The summed E-state index contributed by atoms with van der Waals surface area (Å²) in [4.78, 5) is -0.0845. The maximum atomic E-state index is 11.8. The Morgan fingerprint density at radius 1 is 1.59 bits per heavy atom. The van der Waals surface area contributed by atoms with Crippen molar-refractivity contribution in [1.29, 1.82) is 0 Å². The molecule has 17 heavy (non-hydrogen) atoms. The maximum absolute atomic E-state index is 11.8. The van der Waals surface area contributed by atoms with Crippen LogP contribution in [0.4, 0.5) is 0 Å². The van der Waals surface area contributed by atoms with Gasteiger partial charge < -0.3 is 9.84 Å². The Labute approximate surface area is 113 Å². The van der Waals surface area contributed by atoms with E-state index in [1.54, 1.807) is 0 Å². The topological polar surface area (TPSA) is 75.6 Å². The molecule has 0 spiro atoms. The molecule has 0 bridgehead atoms. The van der Waals surface area contributed by atoms with Crippen LogP contribution in [0.15, 0.2) is 11.0 Å². The number of sulfonamides is 1. The summed E-state index contributed by atoms with van der Waals surface area (Å²) in [5, 5.41) is 9.33. The molecule has 1 aromatic heterocycles. The fraction of sp³-hybridized carbons (Fsp3) is 0.500. The molecule has 1 unspecified atom stereocenters. The number of aliphatic hydroxyl groups excluding tert-OH is 1. The van der Waals surface area contributed by atoms with Crippen molar-refractivity contribution in [2.24, 2.45) is 0 Å². The van der Waals surface area contributed by atoms with E-state index >= 15 is 0 Å². The Hall–Kier alpha value is 0.110. The van der Waals surface area contributed by atoms with Crippen molar-refractivity contribution in [3.63, 3.8) is 0 Å². The number of ether oxygens (including phenoxy) is 1. The van der Waals surface area contributed by atoms with Gasteiger partial charge >= 0.3 is 0 Å². The fourth-order valence-electron chi connectivity index (χ4n) is 1.04. The van der Waals surface area contributed by atoms with Crippen molar-refractivity contribution in [3.8, 4) is 0 Å². The molecule has 1 heterocycles. The van der Waals surface area contributed by atoms with Gasteiger partial charge in [0.2, 0.25) is 10.0 Å². The minimum atomic E-state index is -3.76. The van der Waals surface area contributed by atoms with E-state index < -0.39 is 16.1 Å². The van der Waals surface area contributed by atoms with Crippen molar-refractivity contribution >= 4 is 44.6 Å². The number of hydrogen-bond donors (Lipinski definition) is 2. The Balaban J connectivity index is 2.73. The molecule has 0 aliphatic carbocycles. The van der Waals surface area contributed by atoms with Crippen LogP contribution >= 0.6 is 34.5 Å². The van der Waals surface area contributed by atoms with Gasteiger partial charge in [-0.3, -0.25) is 0 Å². The zero-order valence-electron chi connectivity index (χ0n) is 8.81. The smallest absolute Gasteiger partial charge is 0.243 e. The summed E-state index contributed by atoms with van der Waals surface area (Å²) in [5.41, 5.74) is 0. The minimum Gasteiger partial charge on any atom is -0.389 e. The summed E-state index contributed by atoms with van der Waals surface area (Å²) in [6, 6.07) is 1.26. The first-order valence-corrected chi connectivity index (χ1v) is 7.54. The Morgan fingerprint density at radius 3 is 2.71 bits per heavy atom. The third kappa shape index (κ3) is 4.36. The molecule has 2 N–H and O–H groups in total. The van der Waals surface area contributed by atoms with Crippen LogP contribution in [0.2, 0.25) is 8.67 Å². The van der Waals surface area contributed by atoms with E-state index in [2.05, 4.69) is 9.46 Å². The van der Waals surface area contributed by atoms with Crippen LogP contribution in [0.25, 0.3) is 0 Å². The second-order valence-electron chi connectivity index (χ2n) is 3.15. The van der Waals surface area contributed by atoms with Crippen molar-refractivity contribution in [1.82, 2.24) is 4.72 Å². The Kier molecular flexibility index (Phi) is 5.65. The molecule has 0 fully saturated rings. The third-order valence-electron chi connectivity index (χ3n) is 1.78. The molecule has 9 heteroatoms. The highest BCUT2D eigenvalue weighted by atomic mass is 35.5. The lowest BCUT2D eigenvalue weighted by atomic mass is 10.4. The first kappa shape index (κ1) is 15.2. The molecule has 0 aliphatic heterocycles. The minimum absolute atomic E-state index is 0.0423. The molecule has 0 radical (unpaired) electrons. The molecule has 98 valence electrons. The summed E-state index contributed by atoms with van der Waals surface area (Å²) in [5.74, 6) is 0. The quantitative estimate of drug-likeness (QED) is 0.829. The molecule has 0 saturated carbocycles. The standard InChI is InChI=1S/C8H11Cl2NO4S2/c1-15-4-5(12)3-11-17(13,14)6-2-7(9)16-8(6)10/h2,5,11-12H,3-4H2,1H3. The van der Waals surface area contributed by atoms with E-state index in [1.165, 1.54) is 13.2 Å². The van der Waals surface area contributed by atoms with Gasteiger partial charge in [-0.25, -0.2) is 13.1 Å². The highest BCUT2D eigenvalue weighted by Gasteiger charge is 2.21. The highest BCUT2D eigenvalue weighted by molar-refractivity contribution is 7.89. The normalized spacial score (nSPS) is 13.9. The Morgan fingerprint density at radius 2 is 2.24 bits per heavy atom. The number of methoxy groups -OCH3 is 1. The van der Waals surface area contributed by atoms with Gasteiger partial charge in [0.25, 0.3) is 0 Å². The second-order valence-corrected chi connectivity index (χ2v) is 7.17. The number of thiophene rings is 1. The van der Waals surface area contributed by atoms with E-state index in [9.17, 15) is 13.5 Å². The first-order chi connectivity index (χ1) is 7.86. The van der Waals surface area contributed by atoms with Gasteiger partial charge in [-0.15, -0.1) is 11.3 Å². The lowest BCUT2D eigenvalue weighted by Crippen LogP contribution is -2.34. The number of aliphatic hydroxyl groups is 1. The number of nitrogens with one attached hydrogen (secondary N) is 1. The summed E-state index contributed by atoms with van der Waals surface area (Å²) >= 11 is 12.4. The Bertz CT molecular complexity index is 474. The van der Waals surface area contributed by atoms with Crippen LogP contribution in [0, 0.1) is 0 Å². The van der Waals surface area contributed by atoms with Gasteiger partial charge in [0.1, 0.15) is 9.23 Å². The molecular formula is C8H11Cl2NO4S2. The van der Waals surface area contributed by atoms with Crippen LogP contribution in [-0.2, 0) is 14.8 Å². The predicted octanol–water partition coefficient (Wildman–Crippen LogP) is 1.34. The number of hydrogen-bond acceptors (Lipinski definition) is 5. The van der Waals surface area contributed by atoms with E-state index in [0.717, 1.165) is 11.3 Å². The van der Waals surface area contributed by atoms with Gasteiger partial charge in [-0.1, -0.05) is 23.2 Å². The van der Waals surface area contributed by atoms with E-state index in [4.69, 9.17) is 23.2 Å².